The molecule has 84 valence electrons. The summed E-state index contributed by atoms with van der Waals surface area (Å²) in [5, 5.41) is 0. The Morgan fingerprint density at radius 3 is 2.53 bits per heavy atom. The molecule has 1 N–H and O–H groups in total. The zero-order valence-electron chi connectivity index (χ0n) is 9.32. The van der Waals surface area contributed by atoms with Crippen molar-refractivity contribution in [3.8, 4) is 0 Å². The SMILES string of the molecule is CCNS(=O)(=O)c1cccc(C(C)C)c1. The van der Waals surface area contributed by atoms with Gasteiger partial charge in [0, 0.05) is 6.54 Å². The molecule has 3 nitrogen and oxygen atoms in total. The first-order valence-electron chi connectivity index (χ1n) is 5.07. The molecule has 0 radical (unpaired) electrons. The van der Waals surface area contributed by atoms with E-state index in [4.69, 9.17) is 0 Å². The predicted molar refractivity (Wildman–Crippen MR) is 61.4 cm³/mol. The van der Waals surface area contributed by atoms with Crippen LogP contribution in [0, 0.1) is 0 Å². The van der Waals surface area contributed by atoms with Gasteiger partial charge in [0.05, 0.1) is 4.90 Å². The third-order valence-electron chi connectivity index (χ3n) is 2.17. The molecular formula is C11H17NO2S. The Kier molecular flexibility index (Phi) is 3.88. The third kappa shape index (κ3) is 3.04. The van der Waals surface area contributed by atoms with Crippen LogP contribution < -0.4 is 4.72 Å². The molecule has 1 rings (SSSR count). The average Bonchev–Trinajstić information content (AvgIpc) is 2.18. The van der Waals surface area contributed by atoms with E-state index in [0.29, 0.717) is 17.4 Å². The Morgan fingerprint density at radius 2 is 2.00 bits per heavy atom. The maximum absolute atomic E-state index is 11.7. The van der Waals surface area contributed by atoms with Crippen molar-refractivity contribution >= 4 is 10.0 Å². The third-order valence-corrected chi connectivity index (χ3v) is 3.71. The Morgan fingerprint density at radius 1 is 1.33 bits per heavy atom. The first kappa shape index (κ1) is 12.2. The van der Waals surface area contributed by atoms with Crippen molar-refractivity contribution in [2.45, 2.75) is 31.6 Å². The molecule has 0 amide bonds. The summed E-state index contributed by atoms with van der Waals surface area (Å²) in [6.45, 7) is 6.26. The van der Waals surface area contributed by atoms with Crippen LogP contribution in [-0.4, -0.2) is 15.0 Å². The molecule has 0 bridgehead atoms. The van der Waals surface area contributed by atoms with E-state index in [2.05, 4.69) is 4.72 Å². The summed E-state index contributed by atoms with van der Waals surface area (Å²) in [5.74, 6) is 0.335. The summed E-state index contributed by atoms with van der Waals surface area (Å²) in [4.78, 5) is 0.343. The molecular weight excluding hydrogens is 210 g/mol. The lowest BCUT2D eigenvalue weighted by Gasteiger charge is -2.08. The minimum atomic E-state index is -3.32. The summed E-state index contributed by atoms with van der Waals surface area (Å²) in [6, 6.07) is 7.06. The second kappa shape index (κ2) is 4.77. The van der Waals surface area contributed by atoms with E-state index in [1.807, 2.05) is 19.9 Å². The van der Waals surface area contributed by atoms with Gasteiger partial charge in [-0.05, 0) is 23.6 Å². The first-order valence-corrected chi connectivity index (χ1v) is 6.55. The van der Waals surface area contributed by atoms with Crippen LogP contribution in [0.2, 0.25) is 0 Å². The van der Waals surface area contributed by atoms with E-state index in [-0.39, 0.29) is 0 Å². The van der Waals surface area contributed by atoms with Gasteiger partial charge in [-0.25, -0.2) is 13.1 Å². The second-order valence-electron chi connectivity index (χ2n) is 3.73. The minimum absolute atomic E-state index is 0.335. The predicted octanol–water partition coefficient (Wildman–Crippen LogP) is 2.11. The Balaban J connectivity index is 3.11. The number of sulfonamides is 1. The molecule has 1 aromatic rings. The summed E-state index contributed by atoms with van der Waals surface area (Å²) in [7, 11) is -3.32. The monoisotopic (exact) mass is 227 g/mol. The highest BCUT2D eigenvalue weighted by Gasteiger charge is 2.13. The Labute approximate surface area is 91.6 Å². The fourth-order valence-corrected chi connectivity index (χ4v) is 2.41. The smallest absolute Gasteiger partial charge is 0.211 e. The van der Waals surface area contributed by atoms with E-state index in [1.54, 1.807) is 25.1 Å². The van der Waals surface area contributed by atoms with Crippen molar-refractivity contribution in [3.05, 3.63) is 29.8 Å². The van der Waals surface area contributed by atoms with Gasteiger partial charge in [0.25, 0.3) is 0 Å². The topological polar surface area (TPSA) is 46.2 Å². The van der Waals surface area contributed by atoms with Gasteiger partial charge >= 0.3 is 0 Å². The lowest BCUT2D eigenvalue weighted by Crippen LogP contribution is -2.23. The van der Waals surface area contributed by atoms with Crippen LogP contribution in [0.15, 0.2) is 29.2 Å². The molecule has 15 heavy (non-hydrogen) atoms. The van der Waals surface area contributed by atoms with Crippen molar-refractivity contribution in [1.29, 1.82) is 0 Å². The number of benzene rings is 1. The largest absolute Gasteiger partial charge is 0.240 e. The van der Waals surface area contributed by atoms with Crippen LogP contribution in [0.25, 0.3) is 0 Å². The first-order chi connectivity index (χ1) is 6.97. The highest BCUT2D eigenvalue weighted by atomic mass is 32.2. The van der Waals surface area contributed by atoms with Crippen molar-refractivity contribution in [1.82, 2.24) is 4.72 Å². The quantitative estimate of drug-likeness (QED) is 0.856. The molecule has 0 aliphatic rings. The number of hydrogen-bond acceptors (Lipinski definition) is 2. The Hall–Kier alpha value is -0.870. The molecule has 0 unspecified atom stereocenters. The molecule has 0 spiro atoms. The van der Waals surface area contributed by atoms with E-state index in [1.165, 1.54) is 0 Å². The molecule has 0 fully saturated rings. The van der Waals surface area contributed by atoms with Crippen LogP contribution in [0.4, 0.5) is 0 Å². The molecule has 1 aromatic carbocycles. The standard InChI is InChI=1S/C11H17NO2S/c1-4-12-15(13,14)11-7-5-6-10(8-11)9(2)3/h5-9,12H,4H2,1-3H3. The summed E-state index contributed by atoms with van der Waals surface area (Å²) in [6.07, 6.45) is 0. The fraction of sp³-hybridized carbons (Fsp3) is 0.455. The van der Waals surface area contributed by atoms with Gasteiger partial charge in [-0.15, -0.1) is 0 Å². The van der Waals surface area contributed by atoms with Gasteiger partial charge in [0.2, 0.25) is 10.0 Å². The molecule has 0 aliphatic carbocycles. The van der Waals surface area contributed by atoms with Crippen LogP contribution >= 0.6 is 0 Å². The lowest BCUT2D eigenvalue weighted by molar-refractivity contribution is 0.583. The molecule has 0 atom stereocenters. The summed E-state index contributed by atoms with van der Waals surface area (Å²) in [5.41, 5.74) is 1.04. The minimum Gasteiger partial charge on any atom is -0.211 e. The number of rotatable bonds is 4. The van der Waals surface area contributed by atoms with Crippen LogP contribution in [0.3, 0.4) is 0 Å². The zero-order valence-corrected chi connectivity index (χ0v) is 10.1. The van der Waals surface area contributed by atoms with E-state index >= 15 is 0 Å². The van der Waals surface area contributed by atoms with Gasteiger partial charge in [-0.2, -0.15) is 0 Å². The van der Waals surface area contributed by atoms with Crippen LogP contribution in [0.1, 0.15) is 32.3 Å². The Bertz CT molecular complexity index is 424. The number of nitrogens with one attached hydrogen (secondary N) is 1. The van der Waals surface area contributed by atoms with Crippen molar-refractivity contribution < 1.29 is 8.42 Å². The van der Waals surface area contributed by atoms with Gasteiger partial charge in [0.1, 0.15) is 0 Å². The van der Waals surface area contributed by atoms with E-state index < -0.39 is 10.0 Å². The molecule has 0 saturated heterocycles. The highest BCUT2D eigenvalue weighted by molar-refractivity contribution is 7.89. The zero-order chi connectivity index (χ0) is 11.5. The van der Waals surface area contributed by atoms with Crippen molar-refractivity contribution in [2.24, 2.45) is 0 Å². The van der Waals surface area contributed by atoms with Gasteiger partial charge in [-0.1, -0.05) is 32.9 Å². The molecule has 0 saturated carbocycles. The molecule has 0 aliphatic heterocycles. The van der Waals surface area contributed by atoms with Crippen molar-refractivity contribution in [2.75, 3.05) is 6.54 Å². The van der Waals surface area contributed by atoms with Crippen molar-refractivity contribution in [3.63, 3.8) is 0 Å². The maximum Gasteiger partial charge on any atom is 0.240 e. The normalized spacial score (nSPS) is 12.0. The van der Waals surface area contributed by atoms with E-state index in [9.17, 15) is 8.42 Å². The van der Waals surface area contributed by atoms with E-state index in [0.717, 1.165) is 5.56 Å². The number of hydrogen-bond donors (Lipinski definition) is 1. The molecule has 0 heterocycles. The molecule has 4 heteroatoms. The van der Waals surface area contributed by atoms with Gasteiger partial charge in [0.15, 0.2) is 0 Å². The fourth-order valence-electron chi connectivity index (χ4n) is 1.31. The summed E-state index contributed by atoms with van der Waals surface area (Å²) >= 11 is 0. The maximum atomic E-state index is 11.7. The van der Waals surface area contributed by atoms with Gasteiger partial charge < -0.3 is 0 Å². The average molecular weight is 227 g/mol. The summed E-state index contributed by atoms with van der Waals surface area (Å²) < 4.78 is 25.9. The lowest BCUT2D eigenvalue weighted by atomic mass is 10.0. The second-order valence-corrected chi connectivity index (χ2v) is 5.50. The highest BCUT2D eigenvalue weighted by Crippen LogP contribution is 2.18. The van der Waals surface area contributed by atoms with Crippen LogP contribution in [0.5, 0.6) is 0 Å². The van der Waals surface area contributed by atoms with Crippen LogP contribution in [-0.2, 0) is 10.0 Å². The van der Waals surface area contributed by atoms with Gasteiger partial charge in [-0.3, -0.25) is 0 Å². The molecule has 0 aromatic heterocycles.